The van der Waals surface area contributed by atoms with Crippen molar-refractivity contribution in [3.8, 4) is 0 Å². The average Bonchev–Trinajstić information content (AvgIpc) is 2.50. The molecule has 1 heterocycles. The van der Waals surface area contributed by atoms with Gasteiger partial charge in [0, 0.05) is 16.9 Å². The van der Waals surface area contributed by atoms with Crippen LogP contribution in [0.5, 0.6) is 0 Å². The molecule has 70 valence electrons. The fraction of sp³-hybridized carbons (Fsp3) is 0.333. The highest BCUT2D eigenvalue weighted by Gasteiger charge is 2.15. The van der Waals surface area contributed by atoms with Gasteiger partial charge in [0.25, 0.3) is 0 Å². The molecule has 0 aromatic carbocycles. The molecule has 0 aliphatic rings. The predicted octanol–water partition coefficient (Wildman–Crippen LogP) is 3.02. The summed E-state index contributed by atoms with van der Waals surface area (Å²) in [5.41, 5.74) is 0.266. The van der Waals surface area contributed by atoms with Gasteiger partial charge in [-0.15, -0.1) is 11.3 Å². The third-order valence-electron chi connectivity index (χ3n) is 1.64. The maximum absolute atomic E-state index is 10.6. The normalized spacial score (nSPS) is 12.1. The quantitative estimate of drug-likeness (QED) is 0.552. The Morgan fingerprint density at radius 1 is 1.69 bits per heavy atom. The highest BCUT2D eigenvalue weighted by Crippen LogP contribution is 2.18. The Balaban J connectivity index is 2.94. The van der Waals surface area contributed by atoms with Gasteiger partial charge in [-0.05, 0) is 11.4 Å². The Labute approximate surface area is 80.9 Å². The molecule has 0 atom stereocenters. The number of thiophene rings is 1. The van der Waals surface area contributed by atoms with Crippen LogP contribution in [0.3, 0.4) is 0 Å². The lowest BCUT2D eigenvalue weighted by Crippen LogP contribution is -2.04. The summed E-state index contributed by atoms with van der Waals surface area (Å²) in [7, 11) is 0. The lowest BCUT2D eigenvalue weighted by atomic mass is 10.1. The van der Waals surface area contributed by atoms with E-state index < -0.39 is 0 Å². The molecule has 0 saturated heterocycles. The van der Waals surface area contributed by atoms with Crippen LogP contribution >= 0.6 is 11.3 Å². The minimum absolute atomic E-state index is 0.0444. The second kappa shape index (κ2) is 4.18. The van der Waals surface area contributed by atoms with Crippen LogP contribution in [0, 0.1) is 16.0 Å². The highest BCUT2D eigenvalue weighted by molar-refractivity contribution is 7.10. The van der Waals surface area contributed by atoms with Crippen molar-refractivity contribution in [3.05, 3.63) is 38.2 Å². The molecule has 4 heteroatoms. The summed E-state index contributed by atoms with van der Waals surface area (Å²) in [5, 5.41) is 12.5. The summed E-state index contributed by atoms with van der Waals surface area (Å²) in [5.74, 6) is -0.0444. The number of hydrogen-bond donors (Lipinski definition) is 0. The van der Waals surface area contributed by atoms with Gasteiger partial charge in [-0.1, -0.05) is 19.9 Å². The first-order valence-corrected chi connectivity index (χ1v) is 4.88. The van der Waals surface area contributed by atoms with Crippen LogP contribution in [0.1, 0.15) is 18.7 Å². The molecule has 0 fully saturated rings. The van der Waals surface area contributed by atoms with Crippen molar-refractivity contribution in [1.82, 2.24) is 0 Å². The summed E-state index contributed by atoms with van der Waals surface area (Å²) < 4.78 is 0. The fourth-order valence-electron chi connectivity index (χ4n) is 0.949. The maximum atomic E-state index is 10.6. The van der Waals surface area contributed by atoms with Gasteiger partial charge in [0.15, 0.2) is 0 Å². The fourth-order valence-corrected chi connectivity index (χ4v) is 1.61. The molecule has 0 aliphatic carbocycles. The Kier molecular flexibility index (Phi) is 3.19. The van der Waals surface area contributed by atoms with Crippen LogP contribution in [-0.4, -0.2) is 4.92 Å². The summed E-state index contributed by atoms with van der Waals surface area (Å²) in [6.07, 6.45) is 1.63. The number of rotatable bonds is 3. The van der Waals surface area contributed by atoms with E-state index in [2.05, 4.69) is 0 Å². The highest BCUT2D eigenvalue weighted by atomic mass is 32.1. The molecule has 1 rings (SSSR count). The van der Waals surface area contributed by atoms with Gasteiger partial charge >= 0.3 is 0 Å². The Morgan fingerprint density at radius 2 is 2.38 bits per heavy atom. The molecule has 0 N–H and O–H groups in total. The predicted molar refractivity (Wildman–Crippen MR) is 54.1 cm³/mol. The second-order valence-corrected chi connectivity index (χ2v) is 3.98. The van der Waals surface area contributed by atoms with Crippen molar-refractivity contribution >= 4 is 17.4 Å². The van der Waals surface area contributed by atoms with Gasteiger partial charge in [-0.2, -0.15) is 0 Å². The Bertz CT molecular complexity index is 314. The zero-order valence-electron chi connectivity index (χ0n) is 7.56. The van der Waals surface area contributed by atoms with E-state index in [0.29, 0.717) is 0 Å². The van der Waals surface area contributed by atoms with Crippen LogP contribution in [0.4, 0.5) is 0 Å². The summed E-state index contributed by atoms with van der Waals surface area (Å²) in [6, 6.07) is 3.75. The van der Waals surface area contributed by atoms with Crippen molar-refractivity contribution in [1.29, 1.82) is 0 Å². The first kappa shape index (κ1) is 9.92. The summed E-state index contributed by atoms with van der Waals surface area (Å²) in [4.78, 5) is 11.2. The van der Waals surface area contributed by atoms with Gasteiger partial charge < -0.3 is 0 Å². The molecular formula is C9H11NO2S. The standard InChI is InChI=1S/C9H11NO2S/c1-7(2)9(10(11)12)6-8-4-3-5-13-8/h3-7H,1-2H3/b9-6-. The number of nitro groups is 1. The summed E-state index contributed by atoms with van der Waals surface area (Å²) >= 11 is 1.51. The largest absolute Gasteiger partial charge is 0.259 e. The third kappa shape index (κ3) is 2.66. The van der Waals surface area contributed by atoms with Crippen molar-refractivity contribution in [2.45, 2.75) is 13.8 Å². The van der Waals surface area contributed by atoms with Crippen LogP contribution in [0.25, 0.3) is 6.08 Å². The van der Waals surface area contributed by atoms with E-state index in [1.165, 1.54) is 11.3 Å². The maximum Gasteiger partial charge on any atom is 0.250 e. The van der Waals surface area contributed by atoms with E-state index in [0.717, 1.165) is 4.88 Å². The van der Waals surface area contributed by atoms with Crippen LogP contribution in [0.2, 0.25) is 0 Å². The van der Waals surface area contributed by atoms with Gasteiger partial charge in [0.1, 0.15) is 0 Å². The lowest BCUT2D eigenvalue weighted by Gasteiger charge is -1.99. The average molecular weight is 197 g/mol. The molecular weight excluding hydrogens is 186 g/mol. The Morgan fingerprint density at radius 3 is 2.77 bits per heavy atom. The number of allylic oxidation sites excluding steroid dienone is 1. The van der Waals surface area contributed by atoms with E-state index >= 15 is 0 Å². The molecule has 0 aliphatic heterocycles. The molecule has 0 spiro atoms. The zero-order valence-corrected chi connectivity index (χ0v) is 8.38. The van der Waals surface area contributed by atoms with Crippen molar-refractivity contribution in [3.63, 3.8) is 0 Å². The van der Waals surface area contributed by atoms with Crippen molar-refractivity contribution in [2.75, 3.05) is 0 Å². The molecule has 1 aromatic heterocycles. The van der Waals surface area contributed by atoms with Crippen molar-refractivity contribution < 1.29 is 4.92 Å². The summed E-state index contributed by atoms with van der Waals surface area (Å²) in [6.45, 7) is 3.64. The van der Waals surface area contributed by atoms with E-state index in [-0.39, 0.29) is 16.5 Å². The smallest absolute Gasteiger partial charge is 0.250 e. The van der Waals surface area contributed by atoms with Gasteiger partial charge in [-0.25, -0.2) is 0 Å². The molecule has 0 bridgehead atoms. The van der Waals surface area contributed by atoms with Crippen molar-refractivity contribution in [2.24, 2.45) is 5.92 Å². The Hall–Kier alpha value is -1.16. The molecule has 0 radical (unpaired) electrons. The molecule has 3 nitrogen and oxygen atoms in total. The van der Waals surface area contributed by atoms with Crippen LogP contribution < -0.4 is 0 Å². The minimum Gasteiger partial charge on any atom is -0.259 e. The first-order valence-electron chi connectivity index (χ1n) is 4.00. The number of hydrogen-bond acceptors (Lipinski definition) is 3. The topological polar surface area (TPSA) is 43.1 Å². The first-order chi connectivity index (χ1) is 6.11. The lowest BCUT2D eigenvalue weighted by molar-refractivity contribution is -0.431. The van der Waals surface area contributed by atoms with E-state index in [1.54, 1.807) is 6.08 Å². The van der Waals surface area contributed by atoms with Gasteiger partial charge in [0.05, 0.1) is 4.92 Å². The molecule has 0 saturated carbocycles. The monoisotopic (exact) mass is 197 g/mol. The van der Waals surface area contributed by atoms with Gasteiger partial charge in [0.2, 0.25) is 5.70 Å². The molecule has 0 amide bonds. The molecule has 0 unspecified atom stereocenters. The van der Waals surface area contributed by atoms with Crippen LogP contribution in [-0.2, 0) is 0 Å². The SMILES string of the molecule is CC(C)/C(=C/c1cccs1)[N+](=O)[O-]. The van der Waals surface area contributed by atoms with E-state index in [4.69, 9.17) is 0 Å². The minimum atomic E-state index is -0.315. The molecule has 13 heavy (non-hydrogen) atoms. The second-order valence-electron chi connectivity index (χ2n) is 3.00. The van der Waals surface area contributed by atoms with E-state index in [1.807, 2.05) is 31.4 Å². The van der Waals surface area contributed by atoms with E-state index in [9.17, 15) is 10.1 Å². The van der Waals surface area contributed by atoms with Crippen LogP contribution in [0.15, 0.2) is 23.2 Å². The van der Waals surface area contributed by atoms with Gasteiger partial charge in [-0.3, -0.25) is 10.1 Å². The third-order valence-corrected chi connectivity index (χ3v) is 2.45. The zero-order chi connectivity index (χ0) is 9.84. The number of nitrogens with zero attached hydrogens (tertiary/aromatic N) is 1. The molecule has 1 aromatic rings.